The van der Waals surface area contributed by atoms with Gasteiger partial charge in [-0.25, -0.2) is 9.48 Å². The highest BCUT2D eigenvalue weighted by atomic mass is 16.5. The number of carbonyl (C=O) groups is 1. The van der Waals surface area contributed by atoms with E-state index >= 15 is 0 Å². The topological polar surface area (TPSA) is 70.4 Å². The van der Waals surface area contributed by atoms with Gasteiger partial charge in [-0.05, 0) is 44.1 Å². The predicted octanol–water partition coefficient (Wildman–Crippen LogP) is 2.89. The molecule has 6 heteroatoms. The van der Waals surface area contributed by atoms with Gasteiger partial charge in [0.1, 0.15) is 0 Å². The van der Waals surface area contributed by atoms with Crippen LogP contribution in [0.3, 0.4) is 0 Å². The average molecular weight is 334 g/mol. The molecule has 0 bridgehead atoms. The number of hydrogen-bond acceptors (Lipinski definition) is 5. The fraction of sp³-hybridized carbons (Fsp3) is 0.611. The van der Waals surface area contributed by atoms with Gasteiger partial charge in [0.2, 0.25) is 0 Å². The highest BCUT2D eigenvalue weighted by molar-refractivity contribution is 5.74. The fourth-order valence-corrected chi connectivity index (χ4v) is 2.62. The Bertz CT molecular complexity index is 659. The summed E-state index contributed by atoms with van der Waals surface area (Å²) in [5.41, 5.74) is 1.14. The van der Waals surface area contributed by atoms with Crippen LogP contribution in [-0.4, -0.2) is 29.5 Å². The maximum atomic E-state index is 12.8. The number of nitrogens with zero attached hydrogens (tertiary/aromatic N) is 2. The molecule has 1 heterocycles. The number of ether oxygens (including phenoxy) is 2. The molecule has 2 rings (SSSR count). The molecule has 24 heavy (non-hydrogen) atoms. The molecule has 0 saturated heterocycles. The average Bonchev–Trinajstić information content (AvgIpc) is 3.38. The number of rotatable bonds is 8. The highest BCUT2D eigenvalue weighted by Gasteiger charge is 2.31. The van der Waals surface area contributed by atoms with Gasteiger partial charge in [-0.15, -0.1) is 0 Å². The maximum absolute atomic E-state index is 12.8. The smallest absolute Gasteiger partial charge is 0.330 e. The van der Waals surface area contributed by atoms with E-state index in [4.69, 9.17) is 9.47 Å². The third-order valence-corrected chi connectivity index (χ3v) is 3.96. The molecule has 1 atom stereocenters. The lowest BCUT2D eigenvalue weighted by atomic mass is 10.0. The number of methoxy groups -OCH3 is 1. The van der Waals surface area contributed by atoms with Gasteiger partial charge in [0.05, 0.1) is 25.7 Å². The minimum atomic E-state index is -0.708. The zero-order valence-electron chi connectivity index (χ0n) is 14.8. The molecular formula is C18H26N2O4. The van der Waals surface area contributed by atoms with E-state index < -0.39 is 12.0 Å². The second-order valence-corrected chi connectivity index (χ2v) is 6.48. The Labute approximate surface area is 142 Å². The van der Waals surface area contributed by atoms with Crippen LogP contribution in [0.2, 0.25) is 0 Å². The molecule has 0 aromatic carbocycles. The molecule has 1 saturated carbocycles. The van der Waals surface area contributed by atoms with Gasteiger partial charge in [0.25, 0.3) is 5.56 Å². The molecule has 1 unspecified atom stereocenters. The second-order valence-electron chi connectivity index (χ2n) is 6.48. The first kappa shape index (κ1) is 18.2. The van der Waals surface area contributed by atoms with Crippen molar-refractivity contribution in [2.45, 2.75) is 52.0 Å². The van der Waals surface area contributed by atoms with Gasteiger partial charge in [0, 0.05) is 11.6 Å². The second kappa shape index (κ2) is 8.13. The minimum Gasteiger partial charge on any atom is -0.501 e. The Morgan fingerprint density at radius 3 is 2.71 bits per heavy atom. The van der Waals surface area contributed by atoms with E-state index in [0.29, 0.717) is 18.7 Å². The summed E-state index contributed by atoms with van der Waals surface area (Å²) in [6.07, 6.45) is 5.78. The predicted molar refractivity (Wildman–Crippen MR) is 91.6 cm³/mol. The standard InChI is InChI=1S/C18H26N2O4/c1-5-24-9-8-14-11-15(13-6-7-13)17(21)20(19-14)16(10-12(2)3)18(22)23-4/h8-9,11-13,16H,5-7,10H2,1-4H3/b9-8+. The summed E-state index contributed by atoms with van der Waals surface area (Å²) >= 11 is 0. The van der Waals surface area contributed by atoms with E-state index in [2.05, 4.69) is 5.10 Å². The molecule has 1 fully saturated rings. The summed E-state index contributed by atoms with van der Waals surface area (Å²) in [6, 6.07) is 1.09. The first-order valence-corrected chi connectivity index (χ1v) is 8.47. The zero-order chi connectivity index (χ0) is 17.7. The third-order valence-electron chi connectivity index (χ3n) is 3.96. The molecule has 0 aliphatic heterocycles. The Kier molecular flexibility index (Phi) is 6.17. The van der Waals surface area contributed by atoms with Crippen molar-refractivity contribution in [2.24, 2.45) is 5.92 Å². The van der Waals surface area contributed by atoms with Crippen LogP contribution in [0.5, 0.6) is 0 Å². The van der Waals surface area contributed by atoms with Crippen LogP contribution in [0.1, 0.15) is 63.3 Å². The van der Waals surface area contributed by atoms with Gasteiger partial charge in [-0.1, -0.05) is 13.8 Å². The van der Waals surface area contributed by atoms with Gasteiger partial charge in [-0.2, -0.15) is 5.10 Å². The Balaban J connectivity index is 2.48. The lowest BCUT2D eigenvalue weighted by molar-refractivity contribution is -0.145. The Morgan fingerprint density at radius 1 is 1.46 bits per heavy atom. The van der Waals surface area contributed by atoms with Crippen LogP contribution in [-0.2, 0) is 14.3 Å². The van der Waals surface area contributed by atoms with Crippen molar-refractivity contribution in [1.29, 1.82) is 0 Å². The van der Waals surface area contributed by atoms with Gasteiger partial charge in [0.15, 0.2) is 6.04 Å². The van der Waals surface area contributed by atoms with Crippen molar-refractivity contribution in [3.63, 3.8) is 0 Å². The molecule has 0 amide bonds. The zero-order valence-corrected chi connectivity index (χ0v) is 14.8. The minimum absolute atomic E-state index is 0.192. The van der Waals surface area contributed by atoms with Crippen molar-refractivity contribution in [3.05, 3.63) is 33.9 Å². The van der Waals surface area contributed by atoms with Crippen LogP contribution < -0.4 is 5.56 Å². The molecule has 132 valence electrons. The summed E-state index contributed by atoms with van der Waals surface area (Å²) < 4.78 is 11.4. The summed E-state index contributed by atoms with van der Waals surface area (Å²) in [5.74, 6) is 0.0594. The molecule has 1 aromatic heterocycles. The van der Waals surface area contributed by atoms with Crippen molar-refractivity contribution < 1.29 is 14.3 Å². The Morgan fingerprint density at radius 2 is 2.17 bits per heavy atom. The summed E-state index contributed by atoms with van der Waals surface area (Å²) in [7, 11) is 1.33. The number of hydrogen-bond donors (Lipinski definition) is 0. The highest BCUT2D eigenvalue weighted by Crippen LogP contribution is 2.38. The fourth-order valence-electron chi connectivity index (χ4n) is 2.62. The first-order valence-electron chi connectivity index (χ1n) is 8.47. The summed E-state index contributed by atoms with van der Waals surface area (Å²) in [6.45, 7) is 6.46. The van der Waals surface area contributed by atoms with E-state index in [1.807, 2.05) is 20.8 Å². The summed E-state index contributed by atoms with van der Waals surface area (Å²) in [5, 5.41) is 4.37. The lowest BCUT2D eigenvalue weighted by Gasteiger charge is -2.19. The number of aromatic nitrogens is 2. The molecule has 0 N–H and O–H groups in total. The van der Waals surface area contributed by atoms with Crippen molar-refractivity contribution >= 4 is 12.0 Å². The largest absolute Gasteiger partial charge is 0.501 e. The SMILES string of the molecule is CCO/C=C/c1cc(C2CC2)c(=O)n(C(CC(C)C)C(=O)OC)n1. The van der Waals surface area contributed by atoms with Gasteiger partial charge < -0.3 is 9.47 Å². The first-order chi connectivity index (χ1) is 11.5. The van der Waals surface area contributed by atoms with Crippen LogP contribution in [0, 0.1) is 5.92 Å². The van der Waals surface area contributed by atoms with E-state index in [9.17, 15) is 9.59 Å². The van der Waals surface area contributed by atoms with Gasteiger partial charge in [-0.3, -0.25) is 4.79 Å². The number of carbonyl (C=O) groups excluding carboxylic acids is 1. The molecule has 1 aliphatic carbocycles. The normalized spacial score (nSPS) is 15.7. The van der Waals surface area contributed by atoms with E-state index in [1.165, 1.54) is 11.8 Å². The third kappa shape index (κ3) is 4.46. The van der Waals surface area contributed by atoms with E-state index in [0.717, 1.165) is 18.4 Å². The van der Waals surface area contributed by atoms with Crippen molar-refractivity contribution in [1.82, 2.24) is 9.78 Å². The molecule has 0 radical (unpaired) electrons. The van der Waals surface area contributed by atoms with Crippen LogP contribution in [0.25, 0.3) is 6.08 Å². The van der Waals surface area contributed by atoms with Gasteiger partial charge >= 0.3 is 5.97 Å². The van der Waals surface area contributed by atoms with Crippen molar-refractivity contribution in [2.75, 3.05) is 13.7 Å². The van der Waals surface area contributed by atoms with E-state index in [-0.39, 0.29) is 17.4 Å². The van der Waals surface area contributed by atoms with E-state index in [1.54, 1.807) is 18.4 Å². The molecule has 0 spiro atoms. The van der Waals surface area contributed by atoms with Crippen molar-refractivity contribution in [3.8, 4) is 0 Å². The quantitative estimate of drug-likeness (QED) is 0.540. The Hall–Kier alpha value is -2.11. The van der Waals surface area contributed by atoms with Crippen LogP contribution >= 0.6 is 0 Å². The summed E-state index contributed by atoms with van der Waals surface area (Å²) in [4.78, 5) is 25.0. The maximum Gasteiger partial charge on any atom is 0.330 e. The van der Waals surface area contributed by atoms with Crippen LogP contribution in [0.4, 0.5) is 0 Å². The molecule has 1 aliphatic rings. The lowest BCUT2D eigenvalue weighted by Crippen LogP contribution is -2.35. The molecule has 1 aromatic rings. The molecule has 6 nitrogen and oxygen atoms in total. The molecular weight excluding hydrogens is 308 g/mol. The number of esters is 1. The monoisotopic (exact) mass is 334 g/mol. The van der Waals surface area contributed by atoms with Crippen LogP contribution in [0.15, 0.2) is 17.1 Å².